The summed E-state index contributed by atoms with van der Waals surface area (Å²) in [7, 11) is 1.52. The predicted molar refractivity (Wildman–Crippen MR) is 175 cm³/mol. The molecule has 1 aliphatic heterocycles. The normalized spacial score (nSPS) is 15.5. The van der Waals surface area contributed by atoms with Crippen molar-refractivity contribution in [1.82, 2.24) is 9.80 Å². The third-order valence-corrected chi connectivity index (χ3v) is 8.26. The lowest BCUT2D eigenvalue weighted by Gasteiger charge is -2.41. The molecular formula is C36H41ClFN3O5. The summed E-state index contributed by atoms with van der Waals surface area (Å²) in [5, 5.41) is 10.2. The Balaban J connectivity index is 1.82. The third-order valence-electron chi connectivity index (χ3n) is 7.93. The van der Waals surface area contributed by atoms with Gasteiger partial charge in [-0.15, -0.1) is 0 Å². The van der Waals surface area contributed by atoms with Gasteiger partial charge in [-0.05, 0) is 69.0 Å². The molecule has 0 aliphatic carbocycles. The molecule has 3 aromatic carbocycles. The number of hydrogen-bond donors (Lipinski definition) is 0. The fourth-order valence-corrected chi connectivity index (χ4v) is 5.90. The zero-order valence-electron chi connectivity index (χ0n) is 27.0. The average molecular weight is 650 g/mol. The number of amides is 2. The minimum atomic E-state index is -0.735. The van der Waals surface area contributed by atoms with Gasteiger partial charge in [0.1, 0.15) is 12.2 Å². The second-order valence-electron chi connectivity index (χ2n) is 12.3. The number of ether oxygens (including phenoxy) is 3. The van der Waals surface area contributed by atoms with Crippen LogP contribution in [0.4, 0.5) is 9.18 Å². The highest BCUT2D eigenvalue weighted by Gasteiger charge is 2.35. The van der Waals surface area contributed by atoms with E-state index in [1.165, 1.54) is 26.2 Å². The molecule has 10 heteroatoms. The Morgan fingerprint density at radius 1 is 1.11 bits per heavy atom. The van der Waals surface area contributed by atoms with Gasteiger partial charge in [-0.2, -0.15) is 5.26 Å². The van der Waals surface area contributed by atoms with Crippen LogP contribution >= 0.6 is 11.6 Å². The van der Waals surface area contributed by atoms with Crippen molar-refractivity contribution >= 4 is 23.6 Å². The lowest BCUT2D eigenvalue weighted by Crippen LogP contribution is -2.53. The monoisotopic (exact) mass is 649 g/mol. The molecule has 46 heavy (non-hydrogen) atoms. The molecule has 1 aliphatic rings. The minimum Gasteiger partial charge on any atom is -0.488 e. The molecule has 0 aromatic heterocycles. The van der Waals surface area contributed by atoms with Crippen LogP contribution in [-0.2, 0) is 14.3 Å². The maximum absolute atomic E-state index is 16.0. The number of nitriles is 1. The van der Waals surface area contributed by atoms with Crippen LogP contribution in [0.25, 0.3) is 11.1 Å². The Hall–Kier alpha value is -4.13. The fraction of sp³-hybridized carbons (Fsp3) is 0.417. The van der Waals surface area contributed by atoms with Crippen LogP contribution in [0.1, 0.15) is 63.1 Å². The molecule has 0 radical (unpaired) electrons. The van der Waals surface area contributed by atoms with E-state index in [1.54, 1.807) is 21.9 Å². The number of halogens is 2. The molecule has 2 amide bonds. The lowest BCUT2D eigenvalue weighted by atomic mass is 9.87. The molecule has 0 bridgehead atoms. The number of hydrogen-bond acceptors (Lipinski definition) is 6. The first-order chi connectivity index (χ1) is 21.9. The topological polar surface area (TPSA) is 92.1 Å². The van der Waals surface area contributed by atoms with Crippen LogP contribution in [-0.4, -0.2) is 73.4 Å². The average Bonchev–Trinajstić information content (AvgIpc) is 3.02. The Kier molecular flexibility index (Phi) is 11.7. The van der Waals surface area contributed by atoms with Crippen LogP contribution in [0, 0.1) is 17.1 Å². The summed E-state index contributed by atoms with van der Waals surface area (Å²) in [4.78, 5) is 29.6. The molecule has 3 aromatic rings. The van der Waals surface area contributed by atoms with Crippen molar-refractivity contribution in [3.8, 4) is 22.9 Å². The van der Waals surface area contributed by atoms with Gasteiger partial charge in [0.2, 0.25) is 5.91 Å². The lowest BCUT2D eigenvalue weighted by molar-refractivity contribution is -0.131. The summed E-state index contributed by atoms with van der Waals surface area (Å²) in [5.74, 6) is -1.14. The molecule has 1 heterocycles. The van der Waals surface area contributed by atoms with E-state index in [0.717, 1.165) is 17.5 Å². The van der Waals surface area contributed by atoms with Gasteiger partial charge in [-0.25, -0.2) is 9.18 Å². The van der Waals surface area contributed by atoms with Crippen molar-refractivity contribution in [3.05, 3.63) is 88.2 Å². The highest BCUT2D eigenvalue weighted by Crippen LogP contribution is 2.39. The van der Waals surface area contributed by atoms with Crippen molar-refractivity contribution in [3.63, 3.8) is 0 Å². The maximum Gasteiger partial charge on any atom is 0.410 e. The molecule has 1 saturated heterocycles. The first kappa shape index (κ1) is 34.7. The molecular weight excluding hydrogens is 609 g/mol. The van der Waals surface area contributed by atoms with Gasteiger partial charge < -0.3 is 24.0 Å². The standard InChI is InChI=1S/C36H41ClFN3O5/c1-24(42)40-17-9-12-28(22-40)41(35(43)46-36(2,3)4)23-30(25-10-7-6-8-11-25)26-13-15-31(37)29(20-26)33-27(21-39)14-16-32(34(33)38)45-19-18-44-5/h6-8,10-11,13-16,20,28,30H,9,12,17-19,22-23H2,1-5H3/t28-,30?/m1/s1. The van der Waals surface area contributed by atoms with Crippen LogP contribution < -0.4 is 4.74 Å². The van der Waals surface area contributed by atoms with Gasteiger partial charge in [-0.3, -0.25) is 4.79 Å². The zero-order chi connectivity index (χ0) is 33.4. The number of benzene rings is 3. The van der Waals surface area contributed by atoms with Crippen LogP contribution in [0.5, 0.6) is 5.75 Å². The summed E-state index contributed by atoms with van der Waals surface area (Å²) in [6, 6.07) is 19.7. The smallest absolute Gasteiger partial charge is 0.410 e. The maximum atomic E-state index is 16.0. The Labute approximate surface area is 275 Å². The van der Waals surface area contributed by atoms with Crippen LogP contribution in [0.15, 0.2) is 60.7 Å². The first-order valence-electron chi connectivity index (χ1n) is 15.4. The SMILES string of the molecule is COCCOc1ccc(C#N)c(-c2cc(C(CN(C(=O)OC(C)(C)C)[C@@H]3CCCN(C(C)=O)C3)c3ccccc3)ccc2Cl)c1F. The molecule has 0 saturated carbocycles. The number of likely N-dealkylation sites (tertiary alicyclic amines) is 1. The fourth-order valence-electron chi connectivity index (χ4n) is 5.68. The third kappa shape index (κ3) is 8.56. The quantitative estimate of drug-likeness (QED) is 0.212. The second kappa shape index (κ2) is 15.4. The van der Waals surface area contributed by atoms with E-state index in [2.05, 4.69) is 6.07 Å². The van der Waals surface area contributed by atoms with Gasteiger partial charge >= 0.3 is 6.09 Å². The van der Waals surface area contributed by atoms with Gasteiger partial charge in [0.05, 0.1) is 24.3 Å². The summed E-state index contributed by atoms with van der Waals surface area (Å²) >= 11 is 6.70. The van der Waals surface area contributed by atoms with Gasteiger partial charge in [0, 0.05) is 55.7 Å². The van der Waals surface area contributed by atoms with Gasteiger partial charge in [0.25, 0.3) is 0 Å². The molecule has 4 rings (SSSR count). The highest BCUT2D eigenvalue weighted by atomic mass is 35.5. The molecule has 1 fully saturated rings. The van der Waals surface area contributed by atoms with E-state index in [9.17, 15) is 14.9 Å². The number of carbonyl (C=O) groups excluding carboxylic acids is 2. The Morgan fingerprint density at radius 2 is 1.85 bits per heavy atom. The van der Waals surface area contributed by atoms with E-state index in [-0.39, 0.29) is 59.5 Å². The van der Waals surface area contributed by atoms with Crippen LogP contribution in [0.3, 0.4) is 0 Å². The van der Waals surface area contributed by atoms with Crippen LogP contribution in [0.2, 0.25) is 5.02 Å². The van der Waals surface area contributed by atoms with Crippen molar-refractivity contribution in [2.45, 2.75) is 58.1 Å². The molecule has 0 N–H and O–H groups in total. The summed E-state index contributed by atoms with van der Waals surface area (Å²) in [5.41, 5.74) is 1.41. The largest absolute Gasteiger partial charge is 0.488 e. The zero-order valence-corrected chi connectivity index (χ0v) is 27.8. The molecule has 2 atom stereocenters. The van der Waals surface area contributed by atoms with E-state index < -0.39 is 17.5 Å². The molecule has 8 nitrogen and oxygen atoms in total. The number of piperidine rings is 1. The second-order valence-corrected chi connectivity index (χ2v) is 12.8. The summed E-state index contributed by atoms with van der Waals surface area (Å²) in [6.07, 6.45) is 0.990. The van der Waals surface area contributed by atoms with Gasteiger partial charge in [-0.1, -0.05) is 48.0 Å². The molecule has 244 valence electrons. The molecule has 0 spiro atoms. The first-order valence-corrected chi connectivity index (χ1v) is 15.8. The summed E-state index contributed by atoms with van der Waals surface area (Å²) < 4.78 is 32.5. The minimum absolute atomic E-state index is 0.0180. The van der Waals surface area contributed by atoms with Crippen molar-refractivity contribution in [2.24, 2.45) is 0 Å². The number of carbonyl (C=O) groups is 2. The van der Waals surface area contributed by atoms with Crippen molar-refractivity contribution < 1.29 is 28.2 Å². The highest BCUT2D eigenvalue weighted by molar-refractivity contribution is 6.33. The number of nitrogens with zero attached hydrogens (tertiary/aromatic N) is 3. The predicted octanol–water partition coefficient (Wildman–Crippen LogP) is 7.42. The van der Waals surface area contributed by atoms with E-state index in [0.29, 0.717) is 25.1 Å². The van der Waals surface area contributed by atoms with Crippen molar-refractivity contribution in [1.29, 1.82) is 5.26 Å². The van der Waals surface area contributed by atoms with E-state index in [4.69, 9.17) is 25.8 Å². The number of methoxy groups -OCH3 is 1. The van der Waals surface area contributed by atoms with E-state index in [1.807, 2.05) is 57.2 Å². The Bertz CT molecular complexity index is 1570. The number of rotatable bonds is 10. The van der Waals surface area contributed by atoms with Crippen molar-refractivity contribution in [2.75, 3.05) is 40.0 Å². The van der Waals surface area contributed by atoms with E-state index >= 15 is 4.39 Å². The summed E-state index contributed by atoms with van der Waals surface area (Å²) in [6.45, 7) is 8.65. The Morgan fingerprint density at radius 3 is 2.50 bits per heavy atom. The van der Waals surface area contributed by atoms with Gasteiger partial charge in [0.15, 0.2) is 11.6 Å². The molecule has 1 unspecified atom stereocenters.